The van der Waals surface area contributed by atoms with E-state index >= 15 is 0 Å². The molecule has 4 nitrogen and oxygen atoms in total. The molecule has 2 N–H and O–H groups in total. The highest BCUT2D eigenvalue weighted by Crippen LogP contribution is 2.18. The van der Waals surface area contributed by atoms with E-state index in [1.165, 1.54) is 12.6 Å². The van der Waals surface area contributed by atoms with Crippen molar-refractivity contribution >= 4 is 75.2 Å². The van der Waals surface area contributed by atoms with Crippen LogP contribution in [0.25, 0.3) is 0 Å². The van der Waals surface area contributed by atoms with Crippen LogP contribution >= 0.6 is 69.2 Å². The van der Waals surface area contributed by atoms with Crippen LogP contribution in [-0.4, -0.2) is 24.0 Å². The largest absolute Gasteiger partial charge is 0.357 e. The standard InChI is InChI=1S/C14H19IN4S2.HI/c1-3-16-14(19-9-13-18-8-10(2)20-13)17-7-6-11-4-5-12(15)21-11;/h4-5,8H,3,6-7,9H2,1-2H3,(H2,16,17,19);1H. The zero-order chi connectivity index (χ0) is 15.1. The summed E-state index contributed by atoms with van der Waals surface area (Å²) in [6, 6.07) is 4.35. The summed E-state index contributed by atoms with van der Waals surface area (Å²) >= 11 is 5.90. The predicted octanol–water partition coefficient (Wildman–Crippen LogP) is 4.03. The van der Waals surface area contributed by atoms with E-state index in [2.05, 4.69) is 69.2 Å². The Labute approximate surface area is 170 Å². The second kappa shape index (κ2) is 10.8. The van der Waals surface area contributed by atoms with Crippen molar-refractivity contribution in [3.63, 3.8) is 0 Å². The highest BCUT2D eigenvalue weighted by Gasteiger charge is 2.02. The molecule has 0 unspecified atom stereocenters. The van der Waals surface area contributed by atoms with Crippen LogP contribution in [0.1, 0.15) is 21.7 Å². The van der Waals surface area contributed by atoms with Gasteiger partial charge in [-0.25, -0.2) is 9.98 Å². The van der Waals surface area contributed by atoms with E-state index < -0.39 is 0 Å². The predicted molar refractivity (Wildman–Crippen MR) is 116 cm³/mol. The number of aliphatic imine (C=N–C) groups is 1. The molecule has 0 aliphatic heterocycles. The van der Waals surface area contributed by atoms with Crippen molar-refractivity contribution in [2.75, 3.05) is 13.1 Å². The minimum absolute atomic E-state index is 0. The van der Waals surface area contributed by atoms with Gasteiger partial charge in [-0.15, -0.1) is 46.7 Å². The third kappa shape index (κ3) is 7.09. The molecule has 2 rings (SSSR count). The molecule has 8 heteroatoms. The Bertz CT molecular complexity index is 595. The molecule has 0 fully saturated rings. The molecule has 2 aromatic heterocycles. The number of guanidine groups is 1. The van der Waals surface area contributed by atoms with E-state index in [1.807, 2.05) is 17.5 Å². The number of nitrogens with one attached hydrogen (secondary N) is 2. The number of nitrogens with zero attached hydrogens (tertiary/aromatic N) is 2. The van der Waals surface area contributed by atoms with Gasteiger partial charge in [0.1, 0.15) is 5.01 Å². The first kappa shape index (κ1) is 20.1. The zero-order valence-corrected chi connectivity index (χ0v) is 18.7. The first-order valence-corrected chi connectivity index (χ1v) is 9.56. The molecule has 0 saturated carbocycles. The normalized spacial score (nSPS) is 11.1. The smallest absolute Gasteiger partial charge is 0.191 e. The third-order valence-corrected chi connectivity index (χ3v) is 5.53. The van der Waals surface area contributed by atoms with Gasteiger partial charge in [-0.2, -0.15) is 0 Å². The molecule has 0 aliphatic carbocycles. The monoisotopic (exact) mass is 562 g/mol. The van der Waals surface area contributed by atoms with Gasteiger partial charge >= 0.3 is 0 Å². The van der Waals surface area contributed by atoms with Gasteiger partial charge in [0.2, 0.25) is 0 Å². The minimum Gasteiger partial charge on any atom is -0.357 e. The van der Waals surface area contributed by atoms with Gasteiger partial charge in [0, 0.05) is 29.0 Å². The SMILES string of the molecule is CCNC(=NCc1ncc(C)s1)NCCc1ccc(I)s1.I. The molecule has 122 valence electrons. The molecule has 0 atom stereocenters. The Hall–Kier alpha value is 0.0600. The Kier molecular flexibility index (Phi) is 9.84. The maximum Gasteiger partial charge on any atom is 0.191 e. The Balaban J connectivity index is 0.00000242. The molecule has 22 heavy (non-hydrogen) atoms. The van der Waals surface area contributed by atoms with Gasteiger partial charge in [-0.05, 0) is 55.0 Å². The van der Waals surface area contributed by atoms with Crippen LogP contribution in [0.3, 0.4) is 0 Å². The van der Waals surface area contributed by atoms with Crippen LogP contribution in [0.15, 0.2) is 23.3 Å². The van der Waals surface area contributed by atoms with Gasteiger partial charge in [-0.1, -0.05) is 0 Å². The van der Waals surface area contributed by atoms with E-state index in [1.54, 1.807) is 11.3 Å². The summed E-state index contributed by atoms with van der Waals surface area (Å²) < 4.78 is 1.34. The van der Waals surface area contributed by atoms with Crippen molar-refractivity contribution in [1.29, 1.82) is 0 Å². The van der Waals surface area contributed by atoms with Gasteiger partial charge < -0.3 is 10.6 Å². The van der Waals surface area contributed by atoms with E-state index in [0.717, 1.165) is 30.5 Å². The quantitative estimate of drug-likeness (QED) is 0.318. The second-order valence-electron chi connectivity index (χ2n) is 4.44. The maximum atomic E-state index is 4.58. The first-order chi connectivity index (χ1) is 10.2. The van der Waals surface area contributed by atoms with Gasteiger partial charge in [-0.3, -0.25) is 0 Å². The Morgan fingerprint density at radius 2 is 2.14 bits per heavy atom. The molecule has 0 spiro atoms. The molecule has 0 amide bonds. The number of thiazole rings is 1. The lowest BCUT2D eigenvalue weighted by atomic mass is 10.3. The summed E-state index contributed by atoms with van der Waals surface area (Å²) in [6.45, 7) is 6.52. The number of thiophene rings is 1. The minimum atomic E-state index is 0. The number of aromatic nitrogens is 1. The van der Waals surface area contributed by atoms with E-state index in [4.69, 9.17) is 0 Å². The fraction of sp³-hybridized carbons (Fsp3) is 0.429. The number of halogens is 2. The molecular formula is C14H20I2N4S2. The highest BCUT2D eigenvalue weighted by atomic mass is 127. The summed E-state index contributed by atoms with van der Waals surface area (Å²) in [4.78, 5) is 11.5. The van der Waals surface area contributed by atoms with E-state index in [0.29, 0.717) is 6.54 Å². The van der Waals surface area contributed by atoms with Gasteiger partial charge in [0.15, 0.2) is 5.96 Å². The lowest BCUT2D eigenvalue weighted by Crippen LogP contribution is -2.38. The summed E-state index contributed by atoms with van der Waals surface area (Å²) in [5, 5.41) is 7.70. The molecule has 2 aromatic rings. The third-order valence-electron chi connectivity index (χ3n) is 2.68. The van der Waals surface area contributed by atoms with Crippen LogP contribution in [0.5, 0.6) is 0 Å². The highest BCUT2D eigenvalue weighted by molar-refractivity contribution is 14.1. The van der Waals surface area contributed by atoms with Crippen molar-refractivity contribution in [2.45, 2.75) is 26.8 Å². The Morgan fingerprint density at radius 1 is 1.32 bits per heavy atom. The zero-order valence-electron chi connectivity index (χ0n) is 12.6. The van der Waals surface area contributed by atoms with Crippen molar-refractivity contribution < 1.29 is 0 Å². The fourth-order valence-electron chi connectivity index (χ4n) is 1.75. The van der Waals surface area contributed by atoms with Crippen LogP contribution in [0.4, 0.5) is 0 Å². The Morgan fingerprint density at radius 3 is 2.73 bits per heavy atom. The molecule has 0 radical (unpaired) electrons. The molecule has 0 saturated heterocycles. The topological polar surface area (TPSA) is 49.3 Å². The number of aryl methyl sites for hydroxylation is 1. The lowest BCUT2D eigenvalue weighted by molar-refractivity contribution is 0.804. The number of hydrogen-bond donors (Lipinski definition) is 2. The van der Waals surface area contributed by atoms with Crippen LogP contribution in [-0.2, 0) is 13.0 Å². The first-order valence-electron chi connectivity index (χ1n) is 6.85. The van der Waals surface area contributed by atoms with Gasteiger partial charge in [0.05, 0.1) is 9.43 Å². The average molecular weight is 562 g/mol. The number of rotatable bonds is 6. The van der Waals surface area contributed by atoms with Crippen LogP contribution in [0, 0.1) is 9.81 Å². The fourth-order valence-corrected chi connectivity index (χ4v) is 4.22. The van der Waals surface area contributed by atoms with E-state index in [-0.39, 0.29) is 24.0 Å². The van der Waals surface area contributed by atoms with E-state index in [9.17, 15) is 0 Å². The summed E-state index contributed by atoms with van der Waals surface area (Å²) in [6.07, 6.45) is 2.92. The van der Waals surface area contributed by atoms with Crippen molar-refractivity contribution in [1.82, 2.24) is 15.6 Å². The average Bonchev–Trinajstić information content (AvgIpc) is 3.05. The van der Waals surface area contributed by atoms with Gasteiger partial charge in [0.25, 0.3) is 0 Å². The molecule has 2 heterocycles. The second-order valence-corrected chi connectivity index (χ2v) is 8.82. The molecule has 0 aliphatic rings. The number of hydrogen-bond acceptors (Lipinski definition) is 4. The maximum absolute atomic E-state index is 4.58. The van der Waals surface area contributed by atoms with Crippen molar-refractivity contribution in [3.05, 3.63) is 36.0 Å². The van der Waals surface area contributed by atoms with Crippen LogP contribution in [0.2, 0.25) is 0 Å². The molecule has 0 bridgehead atoms. The summed E-state index contributed by atoms with van der Waals surface area (Å²) in [7, 11) is 0. The summed E-state index contributed by atoms with van der Waals surface area (Å²) in [5.41, 5.74) is 0. The molecular weight excluding hydrogens is 542 g/mol. The van der Waals surface area contributed by atoms with Crippen LogP contribution < -0.4 is 10.6 Å². The van der Waals surface area contributed by atoms with Crippen molar-refractivity contribution in [3.8, 4) is 0 Å². The summed E-state index contributed by atoms with van der Waals surface area (Å²) in [5.74, 6) is 0.858. The molecule has 0 aromatic carbocycles. The van der Waals surface area contributed by atoms with Crippen molar-refractivity contribution in [2.24, 2.45) is 4.99 Å². The lowest BCUT2D eigenvalue weighted by Gasteiger charge is -2.10.